The molecule has 0 aliphatic carbocycles. The number of fused-ring (bicyclic) bond motifs is 2. The van der Waals surface area contributed by atoms with Gasteiger partial charge in [-0.15, -0.1) is 0 Å². The van der Waals surface area contributed by atoms with Crippen LogP contribution in [0, 0.1) is 0 Å². The molecule has 0 aromatic heterocycles. The molecule has 0 radical (unpaired) electrons. The molecule has 1 amide bonds. The third-order valence-electron chi connectivity index (χ3n) is 4.92. The Morgan fingerprint density at radius 1 is 0.964 bits per heavy atom. The maximum absolute atomic E-state index is 11.7. The van der Waals surface area contributed by atoms with Crippen molar-refractivity contribution in [1.82, 2.24) is 0 Å². The highest BCUT2D eigenvalue weighted by Crippen LogP contribution is 2.44. The summed E-state index contributed by atoms with van der Waals surface area (Å²) in [6, 6.07) is 21.5. The van der Waals surface area contributed by atoms with Crippen molar-refractivity contribution in [3.8, 4) is 11.5 Å². The van der Waals surface area contributed by atoms with Gasteiger partial charge in [-0.05, 0) is 41.5 Å². The summed E-state index contributed by atoms with van der Waals surface area (Å²) in [5.41, 5.74) is 11.3. The second-order valence-electron chi connectivity index (χ2n) is 6.85. The monoisotopic (exact) mass is 370 g/mol. The van der Waals surface area contributed by atoms with E-state index >= 15 is 0 Å². The third-order valence-corrected chi connectivity index (χ3v) is 4.92. The predicted molar refractivity (Wildman–Crippen MR) is 109 cm³/mol. The number of nitrogens with two attached hydrogens (primary N) is 1. The van der Waals surface area contributed by atoms with Gasteiger partial charge in [-0.2, -0.15) is 0 Å². The molecule has 2 heterocycles. The molecule has 0 bridgehead atoms. The number of rotatable bonds is 2. The van der Waals surface area contributed by atoms with Gasteiger partial charge in [0.25, 0.3) is 5.91 Å². The van der Waals surface area contributed by atoms with Crippen molar-refractivity contribution in [3.63, 3.8) is 0 Å². The highest BCUT2D eigenvalue weighted by atomic mass is 16.5. The number of hydrogen-bond donors (Lipinski definition) is 2. The van der Waals surface area contributed by atoms with Crippen molar-refractivity contribution in [3.05, 3.63) is 83.4 Å². The molecule has 1 atom stereocenters. The number of hydrogen-bond acceptors (Lipinski definition) is 4. The molecule has 3 aromatic rings. The van der Waals surface area contributed by atoms with Crippen molar-refractivity contribution in [1.29, 1.82) is 0 Å². The summed E-state index contributed by atoms with van der Waals surface area (Å²) < 4.78 is 11.8. The summed E-state index contributed by atoms with van der Waals surface area (Å²) in [4.78, 5) is 11.7. The summed E-state index contributed by atoms with van der Waals surface area (Å²) in [5.74, 6) is 1.27. The minimum Gasteiger partial charge on any atom is -0.482 e. The van der Waals surface area contributed by atoms with E-state index in [-0.39, 0.29) is 18.6 Å². The largest absolute Gasteiger partial charge is 0.482 e. The van der Waals surface area contributed by atoms with Crippen LogP contribution >= 0.6 is 0 Å². The lowest BCUT2D eigenvalue weighted by Gasteiger charge is -2.29. The molecule has 5 nitrogen and oxygen atoms in total. The zero-order valence-electron chi connectivity index (χ0n) is 15.0. The maximum Gasteiger partial charge on any atom is 0.262 e. The summed E-state index contributed by atoms with van der Waals surface area (Å²) in [7, 11) is 0. The van der Waals surface area contributed by atoms with E-state index in [1.54, 1.807) is 0 Å². The van der Waals surface area contributed by atoms with Crippen molar-refractivity contribution < 1.29 is 14.3 Å². The smallest absolute Gasteiger partial charge is 0.262 e. The first-order chi connectivity index (χ1) is 13.7. The minimum atomic E-state index is -0.284. The van der Waals surface area contributed by atoms with Gasteiger partial charge in [-0.25, -0.2) is 0 Å². The van der Waals surface area contributed by atoms with Crippen LogP contribution in [0.4, 0.5) is 11.4 Å². The average Bonchev–Trinajstić information content (AvgIpc) is 2.73. The van der Waals surface area contributed by atoms with E-state index in [2.05, 4.69) is 11.4 Å². The maximum atomic E-state index is 11.7. The summed E-state index contributed by atoms with van der Waals surface area (Å²) in [5, 5.41) is 2.87. The van der Waals surface area contributed by atoms with Crippen LogP contribution in [0.1, 0.15) is 22.8 Å². The van der Waals surface area contributed by atoms with E-state index in [1.165, 1.54) is 0 Å². The van der Waals surface area contributed by atoms with Crippen LogP contribution in [-0.2, 0) is 4.79 Å². The Bertz CT molecular complexity index is 1110. The van der Waals surface area contributed by atoms with Crippen molar-refractivity contribution >= 4 is 28.9 Å². The molecule has 138 valence electrons. The number of benzene rings is 3. The van der Waals surface area contributed by atoms with Gasteiger partial charge in [0.1, 0.15) is 17.6 Å². The highest BCUT2D eigenvalue weighted by Gasteiger charge is 2.27. The Balaban J connectivity index is 1.64. The quantitative estimate of drug-likeness (QED) is 0.661. The van der Waals surface area contributed by atoms with Gasteiger partial charge in [0.15, 0.2) is 6.61 Å². The lowest BCUT2D eigenvalue weighted by molar-refractivity contribution is -0.118. The molecule has 28 heavy (non-hydrogen) atoms. The zero-order chi connectivity index (χ0) is 19.1. The second-order valence-corrected chi connectivity index (χ2v) is 6.85. The van der Waals surface area contributed by atoms with Gasteiger partial charge in [0.05, 0.1) is 5.69 Å². The molecular formula is C23H18N2O3. The molecule has 0 spiro atoms. The topological polar surface area (TPSA) is 73.6 Å². The van der Waals surface area contributed by atoms with E-state index in [1.807, 2.05) is 66.7 Å². The van der Waals surface area contributed by atoms with Crippen LogP contribution in [0.3, 0.4) is 0 Å². The Labute approximate surface area is 162 Å². The second kappa shape index (κ2) is 6.46. The summed E-state index contributed by atoms with van der Waals surface area (Å²) >= 11 is 0. The van der Waals surface area contributed by atoms with Crippen molar-refractivity contribution in [2.24, 2.45) is 0 Å². The number of anilines is 2. The molecular weight excluding hydrogens is 352 g/mol. The van der Waals surface area contributed by atoms with Crippen LogP contribution in [0.5, 0.6) is 11.5 Å². The van der Waals surface area contributed by atoms with Crippen LogP contribution < -0.4 is 20.5 Å². The lowest BCUT2D eigenvalue weighted by atomic mass is 9.90. The SMILES string of the molecule is Nc1ccc2c(c1)OC(c1ccccc1)C(c1ccc3c(c1)NC(=O)CO3)=C2. The summed E-state index contributed by atoms with van der Waals surface area (Å²) in [6.45, 7) is 0.0413. The van der Waals surface area contributed by atoms with Gasteiger partial charge in [0.2, 0.25) is 0 Å². The number of nitrogens with one attached hydrogen (secondary N) is 1. The number of nitrogen functional groups attached to an aromatic ring is 1. The fraction of sp³-hybridized carbons (Fsp3) is 0.0870. The number of carbonyl (C=O) groups excluding carboxylic acids is 1. The van der Waals surface area contributed by atoms with Crippen LogP contribution in [0.15, 0.2) is 66.7 Å². The fourth-order valence-corrected chi connectivity index (χ4v) is 3.58. The molecule has 3 N–H and O–H groups in total. The molecule has 0 saturated carbocycles. The number of carbonyl (C=O) groups is 1. The van der Waals surface area contributed by atoms with E-state index in [4.69, 9.17) is 15.2 Å². The minimum absolute atomic E-state index is 0.0413. The Kier molecular flexibility index (Phi) is 3.79. The molecule has 2 aliphatic rings. The van der Waals surface area contributed by atoms with Gasteiger partial charge in [0, 0.05) is 22.9 Å². The predicted octanol–water partition coefficient (Wildman–Crippen LogP) is 4.27. The molecule has 3 aromatic carbocycles. The van der Waals surface area contributed by atoms with Crippen molar-refractivity contribution in [2.45, 2.75) is 6.10 Å². The molecule has 0 saturated heterocycles. The fourth-order valence-electron chi connectivity index (χ4n) is 3.58. The zero-order valence-corrected chi connectivity index (χ0v) is 15.0. The molecule has 5 rings (SSSR count). The van der Waals surface area contributed by atoms with Gasteiger partial charge < -0.3 is 20.5 Å². The van der Waals surface area contributed by atoms with E-state index < -0.39 is 0 Å². The van der Waals surface area contributed by atoms with E-state index in [0.717, 1.165) is 28.0 Å². The van der Waals surface area contributed by atoms with Gasteiger partial charge in [-0.1, -0.05) is 36.4 Å². The Hall–Kier alpha value is -3.73. The third kappa shape index (κ3) is 2.87. The van der Waals surface area contributed by atoms with E-state index in [9.17, 15) is 4.79 Å². The van der Waals surface area contributed by atoms with Crippen LogP contribution in [0.25, 0.3) is 11.6 Å². The van der Waals surface area contributed by atoms with Crippen molar-refractivity contribution in [2.75, 3.05) is 17.7 Å². The first-order valence-corrected chi connectivity index (χ1v) is 9.07. The molecule has 5 heteroatoms. The highest BCUT2D eigenvalue weighted by molar-refractivity contribution is 5.97. The normalized spacial score (nSPS) is 17.4. The first kappa shape index (κ1) is 16.4. The van der Waals surface area contributed by atoms with Crippen LogP contribution in [0.2, 0.25) is 0 Å². The molecule has 0 fully saturated rings. The van der Waals surface area contributed by atoms with Crippen LogP contribution in [-0.4, -0.2) is 12.5 Å². The van der Waals surface area contributed by atoms with E-state index in [0.29, 0.717) is 17.1 Å². The molecule has 2 aliphatic heterocycles. The van der Waals surface area contributed by atoms with Gasteiger partial charge in [-0.3, -0.25) is 4.79 Å². The van der Waals surface area contributed by atoms with Gasteiger partial charge >= 0.3 is 0 Å². The number of ether oxygens (including phenoxy) is 2. The average molecular weight is 370 g/mol. The first-order valence-electron chi connectivity index (χ1n) is 9.07. The Morgan fingerprint density at radius 3 is 2.68 bits per heavy atom. The molecule has 1 unspecified atom stereocenters. The standard InChI is InChI=1S/C23H18N2O3/c24-17-8-6-16-10-18(15-7-9-20-19(11-15)25-22(26)13-27-20)23(28-21(16)12-17)14-4-2-1-3-5-14/h1-12,23H,13,24H2,(H,25,26). The lowest BCUT2D eigenvalue weighted by Crippen LogP contribution is -2.25. The Morgan fingerprint density at radius 2 is 1.82 bits per heavy atom. The number of amides is 1. The summed E-state index contributed by atoms with van der Waals surface area (Å²) in [6.07, 6.45) is 1.83.